The zero-order valence-corrected chi connectivity index (χ0v) is 12.9. The number of carbonyl (C=O) groups excluding carboxylic acids is 3. The summed E-state index contributed by atoms with van der Waals surface area (Å²) in [6.07, 6.45) is -0.580. The van der Waals surface area contributed by atoms with Crippen LogP contribution in [0.2, 0.25) is 0 Å². The van der Waals surface area contributed by atoms with Crippen molar-refractivity contribution in [1.29, 1.82) is 5.26 Å². The fourth-order valence-electron chi connectivity index (χ4n) is 2.48. The number of hydrogen-bond acceptors (Lipinski definition) is 6. The number of esters is 1. The van der Waals surface area contributed by atoms with Crippen LogP contribution < -0.4 is 5.32 Å². The average molecular weight is 311 g/mol. The lowest BCUT2D eigenvalue weighted by Crippen LogP contribution is -2.52. The first kappa shape index (κ1) is 17.9. The maximum Gasteiger partial charge on any atom is 0.328 e. The SMILES string of the molecule is COC(=O)[C@@H](NC(=O)[C@@H]1C[C@@H](O)CN1C(C)=O)[C@H](C)CC#N. The molecule has 4 atom stereocenters. The van der Waals surface area contributed by atoms with Gasteiger partial charge in [0.2, 0.25) is 11.8 Å². The van der Waals surface area contributed by atoms with Crippen LogP contribution in [0.15, 0.2) is 0 Å². The van der Waals surface area contributed by atoms with E-state index in [1.807, 2.05) is 6.07 Å². The number of β-amino-alcohol motifs (C(OH)–C–C–N with tert-alkyl or cyclic N) is 1. The Kier molecular flexibility index (Phi) is 6.31. The summed E-state index contributed by atoms with van der Waals surface area (Å²) in [4.78, 5) is 36.9. The van der Waals surface area contributed by atoms with Crippen molar-refractivity contribution in [2.45, 2.75) is 44.9 Å². The minimum atomic E-state index is -0.969. The molecule has 122 valence electrons. The first-order chi connectivity index (χ1) is 10.3. The van der Waals surface area contributed by atoms with Gasteiger partial charge in [0.25, 0.3) is 0 Å². The van der Waals surface area contributed by atoms with Crippen molar-refractivity contribution >= 4 is 17.8 Å². The van der Waals surface area contributed by atoms with E-state index in [1.54, 1.807) is 6.92 Å². The number of ether oxygens (including phenoxy) is 1. The summed E-state index contributed by atoms with van der Waals surface area (Å²) >= 11 is 0. The Morgan fingerprint density at radius 2 is 2.14 bits per heavy atom. The number of rotatable bonds is 5. The van der Waals surface area contributed by atoms with E-state index in [1.165, 1.54) is 18.9 Å². The molecule has 1 heterocycles. The van der Waals surface area contributed by atoms with Gasteiger partial charge in [-0.25, -0.2) is 4.79 Å². The highest BCUT2D eigenvalue weighted by Crippen LogP contribution is 2.19. The molecule has 0 aliphatic carbocycles. The summed E-state index contributed by atoms with van der Waals surface area (Å²) in [5.41, 5.74) is 0. The number of aliphatic hydroxyl groups excluding tert-OH is 1. The fourth-order valence-corrected chi connectivity index (χ4v) is 2.48. The molecule has 0 unspecified atom stereocenters. The van der Waals surface area contributed by atoms with Gasteiger partial charge in [-0.05, 0) is 0 Å². The molecule has 0 aromatic heterocycles. The Morgan fingerprint density at radius 1 is 1.50 bits per heavy atom. The highest BCUT2D eigenvalue weighted by Gasteiger charge is 2.39. The van der Waals surface area contributed by atoms with Gasteiger partial charge in [0.15, 0.2) is 0 Å². The van der Waals surface area contributed by atoms with E-state index in [-0.39, 0.29) is 25.3 Å². The van der Waals surface area contributed by atoms with Crippen LogP contribution in [0.1, 0.15) is 26.7 Å². The number of likely N-dealkylation sites (tertiary alicyclic amines) is 1. The molecule has 0 saturated carbocycles. The molecule has 0 bridgehead atoms. The van der Waals surface area contributed by atoms with Gasteiger partial charge in [0.05, 0.1) is 19.3 Å². The number of aliphatic hydroxyl groups is 1. The van der Waals surface area contributed by atoms with E-state index < -0.39 is 36.0 Å². The number of methoxy groups -OCH3 is 1. The molecular weight excluding hydrogens is 290 g/mol. The van der Waals surface area contributed by atoms with Gasteiger partial charge in [-0.15, -0.1) is 0 Å². The standard InChI is InChI=1S/C14H21N3O5/c1-8(4-5-15)12(14(21)22-3)16-13(20)11-6-10(19)7-17(11)9(2)18/h8,10-12,19H,4,6-7H2,1-3H3,(H,16,20)/t8-,10-,11+,12+/m1/s1. The predicted molar refractivity (Wildman–Crippen MR) is 75.1 cm³/mol. The first-order valence-corrected chi connectivity index (χ1v) is 7.02. The summed E-state index contributed by atoms with van der Waals surface area (Å²) in [6, 6.07) is 0.146. The van der Waals surface area contributed by atoms with Crippen molar-refractivity contribution in [3.05, 3.63) is 0 Å². The van der Waals surface area contributed by atoms with Gasteiger partial charge in [0, 0.05) is 32.2 Å². The highest BCUT2D eigenvalue weighted by molar-refractivity contribution is 5.91. The third kappa shape index (κ3) is 4.18. The molecule has 2 amide bonds. The van der Waals surface area contributed by atoms with Crippen LogP contribution in [-0.4, -0.2) is 59.6 Å². The molecular formula is C14H21N3O5. The van der Waals surface area contributed by atoms with Crippen LogP contribution in [0.3, 0.4) is 0 Å². The van der Waals surface area contributed by atoms with E-state index in [2.05, 4.69) is 10.1 Å². The van der Waals surface area contributed by atoms with Gasteiger partial charge in [0.1, 0.15) is 12.1 Å². The van der Waals surface area contributed by atoms with Gasteiger partial charge in [-0.3, -0.25) is 9.59 Å². The van der Waals surface area contributed by atoms with Gasteiger partial charge in [-0.2, -0.15) is 5.26 Å². The van der Waals surface area contributed by atoms with Crippen LogP contribution in [0, 0.1) is 17.2 Å². The summed E-state index contributed by atoms with van der Waals surface area (Å²) in [6.45, 7) is 3.05. The van der Waals surface area contributed by atoms with Crippen LogP contribution in [0.4, 0.5) is 0 Å². The monoisotopic (exact) mass is 311 g/mol. The molecule has 1 rings (SSSR count). The Hall–Kier alpha value is -2.14. The third-order valence-electron chi connectivity index (χ3n) is 3.72. The number of nitrogens with one attached hydrogen (secondary N) is 1. The molecule has 1 fully saturated rings. The quantitative estimate of drug-likeness (QED) is 0.640. The molecule has 0 aromatic rings. The molecule has 0 aromatic carbocycles. The van der Waals surface area contributed by atoms with Gasteiger partial charge in [-0.1, -0.05) is 6.92 Å². The van der Waals surface area contributed by atoms with Crippen LogP contribution >= 0.6 is 0 Å². The second-order valence-electron chi connectivity index (χ2n) is 5.43. The number of nitrogens with zero attached hydrogens (tertiary/aromatic N) is 2. The Morgan fingerprint density at radius 3 is 2.64 bits per heavy atom. The molecule has 1 aliphatic heterocycles. The van der Waals surface area contributed by atoms with Crippen LogP contribution in [-0.2, 0) is 19.1 Å². The topological polar surface area (TPSA) is 120 Å². The Labute approximate surface area is 129 Å². The maximum atomic E-state index is 12.3. The van der Waals surface area contributed by atoms with Crippen molar-refractivity contribution in [3.8, 4) is 6.07 Å². The second-order valence-corrected chi connectivity index (χ2v) is 5.43. The normalized spacial score (nSPS) is 23.3. The zero-order valence-electron chi connectivity index (χ0n) is 12.9. The van der Waals surface area contributed by atoms with Gasteiger partial charge >= 0.3 is 5.97 Å². The average Bonchev–Trinajstić information content (AvgIpc) is 2.86. The highest BCUT2D eigenvalue weighted by atomic mass is 16.5. The van der Waals surface area contributed by atoms with Crippen molar-refractivity contribution in [2.24, 2.45) is 5.92 Å². The zero-order chi connectivity index (χ0) is 16.9. The third-order valence-corrected chi connectivity index (χ3v) is 3.72. The van der Waals surface area contributed by atoms with E-state index in [9.17, 15) is 19.5 Å². The lowest BCUT2D eigenvalue weighted by atomic mass is 9.98. The van der Waals surface area contributed by atoms with Crippen molar-refractivity contribution in [2.75, 3.05) is 13.7 Å². The number of nitriles is 1. The Bertz CT molecular complexity index is 487. The number of carbonyl (C=O) groups is 3. The maximum absolute atomic E-state index is 12.3. The summed E-state index contributed by atoms with van der Waals surface area (Å²) in [5.74, 6) is -1.94. The molecule has 1 aliphatic rings. The van der Waals surface area contributed by atoms with Crippen molar-refractivity contribution in [3.63, 3.8) is 0 Å². The molecule has 22 heavy (non-hydrogen) atoms. The molecule has 8 nitrogen and oxygen atoms in total. The lowest BCUT2D eigenvalue weighted by Gasteiger charge is -2.26. The lowest BCUT2D eigenvalue weighted by molar-refractivity contribution is -0.147. The number of amides is 2. The first-order valence-electron chi connectivity index (χ1n) is 7.02. The molecule has 2 N–H and O–H groups in total. The van der Waals surface area contributed by atoms with E-state index in [0.717, 1.165) is 0 Å². The summed E-state index contributed by atoms with van der Waals surface area (Å²) < 4.78 is 4.65. The molecule has 8 heteroatoms. The van der Waals surface area contributed by atoms with E-state index >= 15 is 0 Å². The van der Waals surface area contributed by atoms with Crippen molar-refractivity contribution < 1.29 is 24.2 Å². The fraction of sp³-hybridized carbons (Fsp3) is 0.714. The van der Waals surface area contributed by atoms with E-state index in [0.29, 0.717) is 0 Å². The molecule has 0 radical (unpaired) electrons. The Balaban J connectivity index is 2.84. The van der Waals surface area contributed by atoms with E-state index in [4.69, 9.17) is 5.26 Å². The largest absolute Gasteiger partial charge is 0.467 e. The molecule has 0 spiro atoms. The smallest absolute Gasteiger partial charge is 0.328 e. The number of hydrogen-bond donors (Lipinski definition) is 2. The summed E-state index contributed by atoms with van der Waals surface area (Å²) in [5, 5.41) is 20.9. The van der Waals surface area contributed by atoms with Crippen LogP contribution in [0.25, 0.3) is 0 Å². The summed E-state index contributed by atoms with van der Waals surface area (Å²) in [7, 11) is 1.20. The molecule has 1 saturated heterocycles. The van der Waals surface area contributed by atoms with Crippen molar-refractivity contribution in [1.82, 2.24) is 10.2 Å². The van der Waals surface area contributed by atoms with Gasteiger partial charge < -0.3 is 20.1 Å². The second kappa shape index (κ2) is 7.75. The van der Waals surface area contributed by atoms with Crippen LogP contribution in [0.5, 0.6) is 0 Å². The predicted octanol–water partition coefficient (Wildman–Crippen LogP) is -0.824. The minimum Gasteiger partial charge on any atom is -0.467 e. The minimum absolute atomic E-state index is 0.0732.